The second-order valence-electron chi connectivity index (χ2n) is 4.02. The molecule has 18 heavy (non-hydrogen) atoms. The first kappa shape index (κ1) is 12.7. The molecule has 4 nitrogen and oxygen atoms in total. The van der Waals surface area contributed by atoms with E-state index in [1.807, 2.05) is 36.6 Å². The first-order chi connectivity index (χ1) is 8.74. The maximum Gasteiger partial charge on any atom is 0.220 e. The van der Waals surface area contributed by atoms with Gasteiger partial charge in [0.2, 0.25) is 5.91 Å². The number of nitrogens with zero attached hydrogens (tertiary/aromatic N) is 2. The lowest BCUT2D eigenvalue weighted by molar-refractivity contribution is -0.121. The minimum atomic E-state index is 0.0470. The topological polar surface area (TPSA) is 54.9 Å². The van der Waals surface area contributed by atoms with Gasteiger partial charge in [0.15, 0.2) is 0 Å². The number of carbonyl (C=O) groups is 1. The van der Waals surface area contributed by atoms with Gasteiger partial charge in [-0.3, -0.25) is 4.79 Å². The van der Waals surface area contributed by atoms with Crippen LogP contribution in [0.4, 0.5) is 0 Å². The lowest BCUT2D eigenvalue weighted by Crippen LogP contribution is -2.23. The van der Waals surface area contributed by atoms with E-state index >= 15 is 0 Å². The maximum absolute atomic E-state index is 11.6. The Morgan fingerprint density at radius 3 is 2.89 bits per heavy atom. The lowest BCUT2D eigenvalue weighted by atomic mass is 10.2. The molecular weight excluding hydrogens is 246 g/mol. The second-order valence-corrected chi connectivity index (χ2v) is 5.05. The monoisotopic (exact) mass is 261 g/mol. The second kappa shape index (κ2) is 6.26. The summed E-state index contributed by atoms with van der Waals surface area (Å²) in [5.74, 6) is 0.0470. The molecule has 94 valence electrons. The molecule has 5 heteroatoms. The van der Waals surface area contributed by atoms with E-state index in [1.165, 1.54) is 4.88 Å². The number of carbonyl (C=O) groups excluding carboxylic acids is 1. The average molecular weight is 261 g/mol. The van der Waals surface area contributed by atoms with Crippen molar-refractivity contribution in [1.82, 2.24) is 15.5 Å². The van der Waals surface area contributed by atoms with Gasteiger partial charge in [0.05, 0.1) is 17.9 Å². The quantitative estimate of drug-likeness (QED) is 0.896. The summed E-state index contributed by atoms with van der Waals surface area (Å²) in [5, 5.41) is 12.8. The number of hydrogen-bond acceptors (Lipinski definition) is 4. The minimum absolute atomic E-state index is 0.0470. The summed E-state index contributed by atoms with van der Waals surface area (Å²) >= 11 is 1.68. The molecule has 0 aliphatic carbocycles. The molecule has 0 unspecified atom stereocenters. The average Bonchev–Trinajstić information content (AvgIpc) is 2.89. The Hall–Kier alpha value is -1.75. The van der Waals surface area contributed by atoms with Crippen molar-refractivity contribution in [3.8, 4) is 0 Å². The molecule has 2 aromatic rings. The highest BCUT2D eigenvalue weighted by molar-refractivity contribution is 7.09. The Kier molecular flexibility index (Phi) is 4.41. The van der Waals surface area contributed by atoms with Crippen LogP contribution in [0.5, 0.6) is 0 Å². The van der Waals surface area contributed by atoms with Crippen molar-refractivity contribution in [3.63, 3.8) is 0 Å². The highest BCUT2D eigenvalue weighted by Crippen LogP contribution is 2.10. The Morgan fingerprint density at radius 1 is 1.33 bits per heavy atom. The summed E-state index contributed by atoms with van der Waals surface area (Å²) in [6.45, 7) is 2.33. The van der Waals surface area contributed by atoms with Gasteiger partial charge < -0.3 is 5.32 Å². The van der Waals surface area contributed by atoms with Gasteiger partial charge in [0.1, 0.15) is 0 Å². The van der Waals surface area contributed by atoms with Gasteiger partial charge >= 0.3 is 0 Å². The summed E-state index contributed by atoms with van der Waals surface area (Å²) in [5.41, 5.74) is 1.66. The summed E-state index contributed by atoms with van der Waals surface area (Å²) in [7, 11) is 0. The third-order valence-electron chi connectivity index (χ3n) is 2.50. The fourth-order valence-corrected chi connectivity index (χ4v) is 2.20. The summed E-state index contributed by atoms with van der Waals surface area (Å²) < 4.78 is 0. The van der Waals surface area contributed by atoms with Crippen LogP contribution in [0.1, 0.15) is 22.7 Å². The summed E-state index contributed by atoms with van der Waals surface area (Å²) in [6.07, 6.45) is 1.31. The molecular formula is C13H15N3OS. The fourth-order valence-electron chi connectivity index (χ4n) is 1.49. The molecule has 0 fully saturated rings. The van der Waals surface area contributed by atoms with Crippen molar-refractivity contribution in [3.05, 3.63) is 45.9 Å². The van der Waals surface area contributed by atoms with E-state index in [0.29, 0.717) is 13.0 Å². The van der Waals surface area contributed by atoms with E-state index in [-0.39, 0.29) is 5.91 Å². The first-order valence-electron chi connectivity index (χ1n) is 5.82. The zero-order valence-electron chi connectivity index (χ0n) is 10.2. The van der Waals surface area contributed by atoms with Gasteiger partial charge in [-0.2, -0.15) is 10.2 Å². The number of hydrogen-bond donors (Lipinski definition) is 1. The molecule has 0 aliphatic rings. The number of rotatable bonds is 5. The van der Waals surface area contributed by atoms with Gasteiger partial charge in [-0.1, -0.05) is 6.07 Å². The summed E-state index contributed by atoms with van der Waals surface area (Å²) in [4.78, 5) is 12.9. The number of aryl methyl sites for hydroxylation is 2. The molecule has 0 saturated carbocycles. The molecule has 1 N–H and O–H groups in total. The van der Waals surface area contributed by atoms with E-state index in [4.69, 9.17) is 0 Å². The summed E-state index contributed by atoms with van der Waals surface area (Å²) in [6, 6.07) is 7.81. The smallest absolute Gasteiger partial charge is 0.220 e. The van der Waals surface area contributed by atoms with Gasteiger partial charge in [-0.25, -0.2) is 0 Å². The molecule has 2 heterocycles. The third kappa shape index (κ3) is 3.92. The number of aromatic nitrogens is 2. The molecule has 0 spiro atoms. The van der Waals surface area contributed by atoms with E-state index in [0.717, 1.165) is 17.8 Å². The van der Waals surface area contributed by atoms with E-state index < -0.39 is 0 Å². The van der Waals surface area contributed by atoms with Crippen molar-refractivity contribution in [2.24, 2.45) is 0 Å². The van der Waals surface area contributed by atoms with Crippen molar-refractivity contribution in [1.29, 1.82) is 0 Å². The predicted molar refractivity (Wildman–Crippen MR) is 71.3 cm³/mol. The van der Waals surface area contributed by atoms with Crippen LogP contribution >= 0.6 is 11.3 Å². The van der Waals surface area contributed by atoms with Crippen LogP contribution in [0.2, 0.25) is 0 Å². The van der Waals surface area contributed by atoms with Gasteiger partial charge in [-0.15, -0.1) is 11.3 Å². The molecule has 2 rings (SSSR count). The normalized spacial score (nSPS) is 10.3. The number of thiophene rings is 1. The Morgan fingerprint density at radius 2 is 2.22 bits per heavy atom. The van der Waals surface area contributed by atoms with Crippen LogP contribution in [0.25, 0.3) is 0 Å². The largest absolute Gasteiger partial charge is 0.350 e. The zero-order valence-corrected chi connectivity index (χ0v) is 11.0. The van der Waals surface area contributed by atoms with E-state index in [9.17, 15) is 4.79 Å². The molecule has 0 radical (unpaired) electrons. The molecule has 2 aromatic heterocycles. The van der Waals surface area contributed by atoms with E-state index in [1.54, 1.807) is 11.3 Å². The van der Waals surface area contributed by atoms with Crippen molar-refractivity contribution in [2.75, 3.05) is 0 Å². The van der Waals surface area contributed by atoms with Crippen LogP contribution in [0.15, 0.2) is 29.6 Å². The predicted octanol–water partition coefficient (Wildman–Crippen LogP) is 2.10. The maximum atomic E-state index is 11.6. The zero-order chi connectivity index (χ0) is 12.8. The minimum Gasteiger partial charge on any atom is -0.350 e. The molecule has 0 atom stereocenters. The van der Waals surface area contributed by atoms with Gasteiger partial charge in [0.25, 0.3) is 0 Å². The molecule has 0 aromatic carbocycles. The number of nitrogens with one attached hydrogen (secondary N) is 1. The molecule has 0 bridgehead atoms. The van der Waals surface area contributed by atoms with Crippen LogP contribution in [-0.2, 0) is 17.8 Å². The Balaban J connectivity index is 1.73. The van der Waals surface area contributed by atoms with Crippen molar-refractivity contribution in [2.45, 2.75) is 26.3 Å². The van der Waals surface area contributed by atoms with Gasteiger partial charge in [-0.05, 0) is 36.9 Å². The van der Waals surface area contributed by atoms with Crippen LogP contribution in [0.3, 0.4) is 0 Å². The highest BCUT2D eigenvalue weighted by atomic mass is 32.1. The fraction of sp³-hybridized carbons (Fsp3) is 0.308. The van der Waals surface area contributed by atoms with Crippen LogP contribution < -0.4 is 5.32 Å². The van der Waals surface area contributed by atoms with Crippen LogP contribution in [0, 0.1) is 6.92 Å². The molecule has 0 aliphatic heterocycles. The standard InChI is InChI=1S/C13H15N3OS/c1-10-4-5-11(16-15-10)9-14-13(17)7-6-12-3-2-8-18-12/h2-5,8H,6-7,9H2,1H3,(H,14,17). The van der Waals surface area contributed by atoms with Gasteiger partial charge in [0, 0.05) is 11.3 Å². The van der Waals surface area contributed by atoms with Crippen molar-refractivity contribution < 1.29 is 4.79 Å². The SMILES string of the molecule is Cc1ccc(CNC(=O)CCc2cccs2)nn1. The highest BCUT2D eigenvalue weighted by Gasteiger charge is 2.03. The lowest BCUT2D eigenvalue weighted by Gasteiger charge is -2.03. The molecule has 1 amide bonds. The molecule has 0 saturated heterocycles. The number of amides is 1. The van der Waals surface area contributed by atoms with Crippen molar-refractivity contribution >= 4 is 17.2 Å². The third-order valence-corrected chi connectivity index (χ3v) is 3.43. The Labute approximate surface area is 110 Å². The Bertz CT molecular complexity index is 493. The van der Waals surface area contributed by atoms with E-state index in [2.05, 4.69) is 15.5 Å². The van der Waals surface area contributed by atoms with Crippen LogP contribution in [-0.4, -0.2) is 16.1 Å². The first-order valence-corrected chi connectivity index (χ1v) is 6.70.